The Morgan fingerprint density at radius 2 is 2.22 bits per heavy atom. The van der Waals surface area contributed by atoms with E-state index in [1.807, 2.05) is 10.9 Å². The van der Waals surface area contributed by atoms with Crippen molar-refractivity contribution in [3.05, 3.63) is 42.0 Å². The van der Waals surface area contributed by atoms with Gasteiger partial charge in [-0.15, -0.1) is 0 Å². The van der Waals surface area contributed by atoms with Crippen LogP contribution in [0.2, 0.25) is 0 Å². The predicted octanol–water partition coefficient (Wildman–Crippen LogP) is 2.25. The number of aryl methyl sites for hydroxylation is 1. The van der Waals surface area contributed by atoms with Crippen molar-refractivity contribution in [2.24, 2.45) is 0 Å². The van der Waals surface area contributed by atoms with Gasteiger partial charge in [-0.2, -0.15) is 5.10 Å². The van der Waals surface area contributed by atoms with Crippen LogP contribution in [-0.2, 0) is 19.6 Å². The molecule has 0 aliphatic heterocycles. The van der Waals surface area contributed by atoms with Gasteiger partial charge >= 0.3 is 0 Å². The molecule has 98 valence electrons. The Bertz CT molecular complexity index is 470. The molecule has 0 aliphatic carbocycles. The Morgan fingerprint density at radius 3 is 2.94 bits per heavy atom. The fraction of sp³-hybridized carbons (Fsp3) is 0.500. The average molecular weight is 246 g/mol. The Kier molecular flexibility index (Phi) is 4.59. The summed E-state index contributed by atoms with van der Waals surface area (Å²) in [6.07, 6.45) is 7.37. The van der Waals surface area contributed by atoms with Crippen LogP contribution in [0.5, 0.6) is 0 Å². The molecule has 2 aromatic heterocycles. The van der Waals surface area contributed by atoms with Crippen LogP contribution in [-0.4, -0.2) is 20.9 Å². The van der Waals surface area contributed by atoms with Gasteiger partial charge in [-0.25, -0.2) is 0 Å². The summed E-state index contributed by atoms with van der Waals surface area (Å²) < 4.78 is 4.24. The lowest BCUT2D eigenvalue weighted by atomic mass is 10.3. The molecule has 2 heterocycles. The number of hydrogen-bond donors (Lipinski definition) is 1. The molecule has 0 spiro atoms. The minimum Gasteiger partial charge on any atom is -0.346 e. The van der Waals surface area contributed by atoms with Gasteiger partial charge in [-0.05, 0) is 32.0 Å². The molecule has 0 amide bonds. The zero-order valence-corrected chi connectivity index (χ0v) is 11.3. The van der Waals surface area contributed by atoms with Gasteiger partial charge in [0.05, 0.1) is 12.7 Å². The molecular formula is C14H22N4. The van der Waals surface area contributed by atoms with Gasteiger partial charge in [0, 0.05) is 36.7 Å². The zero-order valence-electron chi connectivity index (χ0n) is 11.3. The van der Waals surface area contributed by atoms with Crippen molar-refractivity contribution in [2.75, 3.05) is 6.54 Å². The maximum Gasteiger partial charge on any atom is 0.0539 e. The maximum atomic E-state index is 4.31. The number of nitrogens with zero attached hydrogens (tertiary/aromatic N) is 3. The van der Waals surface area contributed by atoms with Crippen LogP contribution in [0.4, 0.5) is 0 Å². The van der Waals surface area contributed by atoms with Gasteiger partial charge in [0.1, 0.15) is 0 Å². The van der Waals surface area contributed by atoms with Crippen molar-refractivity contribution in [1.82, 2.24) is 19.7 Å². The van der Waals surface area contributed by atoms with Crippen molar-refractivity contribution < 1.29 is 0 Å². The lowest BCUT2D eigenvalue weighted by Crippen LogP contribution is -2.16. The van der Waals surface area contributed by atoms with E-state index in [1.165, 1.54) is 17.7 Å². The number of nitrogens with one attached hydrogen (secondary N) is 1. The quantitative estimate of drug-likeness (QED) is 0.760. The van der Waals surface area contributed by atoms with Gasteiger partial charge in [0.2, 0.25) is 0 Å². The Labute approximate surface area is 109 Å². The second kappa shape index (κ2) is 6.40. The van der Waals surface area contributed by atoms with Crippen LogP contribution >= 0.6 is 0 Å². The van der Waals surface area contributed by atoms with E-state index in [4.69, 9.17) is 0 Å². The van der Waals surface area contributed by atoms with Crippen LogP contribution < -0.4 is 5.32 Å². The minimum absolute atomic E-state index is 0.899. The lowest BCUT2D eigenvalue weighted by molar-refractivity contribution is 0.629. The number of hydrogen-bond acceptors (Lipinski definition) is 2. The molecule has 1 N–H and O–H groups in total. The van der Waals surface area contributed by atoms with Crippen LogP contribution in [0.25, 0.3) is 0 Å². The molecule has 0 unspecified atom stereocenters. The third-order valence-corrected chi connectivity index (χ3v) is 3.02. The summed E-state index contributed by atoms with van der Waals surface area (Å²) in [5, 5.41) is 7.75. The molecule has 4 heteroatoms. The molecule has 2 rings (SSSR count). The molecule has 4 nitrogen and oxygen atoms in total. The highest BCUT2D eigenvalue weighted by Crippen LogP contribution is 2.07. The van der Waals surface area contributed by atoms with Crippen LogP contribution in [0, 0.1) is 0 Å². The van der Waals surface area contributed by atoms with E-state index in [1.54, 1.807) is 0 Å². The molecule has 0 bridgehead atoms. The number of aromatic nitrogens is 3. The van der Waals surface area contributed by atoms with E-state index >= 15 is 0 Å². The second-order valence-electron chi connectivity index (χ2n) is 4.51. The first kappa shape index (κ1) is 12.9. The topological polar surface area (TPSA) is 34.8 Å². The first-order valence-corrected chi connectivity index (χ1v) is 6.69. The van der Waals surface area contributed by atoms with Gasteiger partial charge in [-0.1, -0.05) is 6.92 Å². The summed E-state index contributed by atoms with van der Waals surface area (Å²) in [5.41, 5.74) is 2.58. The van der Waals surface area contributed by atoms with Crippen molar-refractivity contribution in [1.29, 1.82) is 0 Å². The molecule has 0 saturated heterocycles. The van der Waals surface area contributed by atoms with Gasteiger partial charge < -0.3 is 9.88 Å². The highest BCUT2D eigenvalue weighted by Gasteiger charge is 2.03. The predicted molar refractivity (Wildman–Crippen MR) is 73.4 cm³/mol. The van der Waals surface area contributed by atoms with Gasteiger partial charge in [-0.3, -0.25) is 4.68 Å². The largest absolute Gasteiger partial charge is 0.346 e. The van der Waals surface area contributed by atoms with Crippen molar-refractivity contribution in [3.63, 3.8) is 0 Å². The molecule has 0 fully saturated rings. The third-order valence-electron chi connectivity index (χ3n) is 3.02. The van der Waals surface area contributed by atoms with Crippen molar-refractivity contribution >= 4 is 0 Å². The summed E-state index contributed by atoms with van der Waals surface area (Å²) in [5.74, 6) is 0. The van der Waals surface area contributed by atoms with E-state index in [0.29, 0.717) is 0 Å². The van der Waals surface area contributed by atoms with E-state index in [-0.39, 0.29) is 0 Å². The fourth-order valence-electron chi connectivity index (χ4n) is 2.02. The van der Waals surface area contributed by atoms with E-state index in [9.17, 15) is 0 Å². The van der Waals surface area contributed by atoms with Crippen molar-refractivity contribution in [2.45, 2.75) is 39.9 Å². The van der Waals surface area contributed by atoms with Crippen LogP contribution in [0.15, 0.2) is 30.7 Å². The monoisotopic (exact) mass is 246 g/mol. The van der Waals surface area contributed by atoms with Crippen molar-refractivity contribution in [3.8, 4) is 0 Å². The molecular weight excluding hydrogens is 224 g/mol. The number of rotatable bonds is 7. The summed E-state index contributed by atoms with van der Waals surface area (Å²) in [4.78, 5) is 0. The van der Waals surface area contributed by atoms with E-state index < -0.39 is 0 Å². The molecule has 18 heavy (non-hydrogen) atoms. The average Bonchev–Trinajstić information content (AvgIpc) is 3.00. The van der Waals surface area contributed by atoms with Crippen LogP contribution in [0.1, 0.15) is 31.5 Å². The molecule has 2 aromatic rings. The fourth-order valence-corrected chi connectivity index (χ4v) is 2.02. The molecule has 0 aromatic carbocycles. The third kappa shape index (κ3) is 3.23. The highest BCUT2D eigenvalue weighted by atomic mass is 15.3. The minimum atomic E-state index is 0.899. The lowest BCUT2D eigenvalue weighted by Gasteiger charge is -2.08. The summed E-state index contributed by atoms with van der Waals surface area (Å²) in [6.45, 7) is 8.12. The first-order chi connectivity index (χ1) is 8.83. The summed E-state index contributed by atoms with van der Waals surface area (Å²) in [7, 11) is 0. The molecule has 0 saturated carbocycles. The van der Waals surface area contributed by atoms with Gasteiger partial charge in [0.15, 0.2) is 0 Å². The van der Waals surface area contributed by atoms with Gasteiger partial charge in [0.25, 0.3) is 0 Å². The van der Waals surface area contributed by atoms with E-state index in [2.05, 4.69) is 53.4 Å². The molecule has 0 aliphatic rings. The normalized spacial score (nSPS) is 11.0. The molecule has 0 atom stereocenters. The molecule has 0 radical (unpaired) electrons. The summed E-state index contributed by atoms with van der Waals surface area (Å²) >= 11 is 0. The summed E-state index contributed by atoms with van der Waals surface area (Å²) in [6, 6.07) is 4.28. The second-order valence-corrected chi connectivity index (χ2v) is 4.51. The van der Waals surface area contributed by atoms with E-state index in [0.717, 1.165) is 26.2 Å². The smallest absolute Gasteiger partial charge is 0.0539 e. The zero-order chi connectivity index (χ0) is 12.8. The Morgan fingerprint density at radius 1 is 1.33 bits per heavy atom. The Hall–Kier alpha value is -1.55. The Balaban J connectivity index is 1.98. The van der Waals surface area contributed by atoms with Crippen LogP contribution in [0.3, 0.4) is 0 Å². The SMILES string of the molecule is CCCNCc1cccn1Cc1cnn(CC)c1. The first-order valence-electron chi connectivity index (χ1n) is 6.69. The standard InChI is InChI=1S/C14H22N4/c1-3-7-15-10-14-6-5-8-17(14)11-13-9-16-18(4-2)12-13/h5-6,8-9,12,15H,3-4,7,10-11H2,1-2H3. The highest BCUT2D eigenvalue weighted by molar-refractivity contribution is 5.12. The maximum absolute atomic E-state index is 4.31.